The minimum atomic E-state index is -3.84. The van der Waals surface area contributed by atoms with Crippen LogP contribution in [0.25, 0.3) is 11.4 Å². The molecule has 3 rings (SSSR count). The summed E-state index contributed by atoms with van der Waals surface area (Å²) in [6, 6.07) is 15.0. The summed E-state index contributed by atoms with van der Waals surface area (Å²) in [7, 11) is -3.84. The fraction of sp³-hybridized carbons (Fsp3) is 0.261. The molecule has 0 spiro atoms. The fourth-order valence-electron chi connectivity index (χ4n) is 3.01. The van der Waals surface area contributed by atoms with E-state index >= 15 is 0 Å². The Kier molecular flexibility index (Phi) is 7.14. The van der Waals surface area contributed by atoms with E-state index in [9.17, 15) is 13.2 Å². The van der Waals surface area contributed by atoms with Gasteiger partial charge in [-0.2, -0.15) is 4.72 Å². The minimum absolute atomic E-state index is 0.105. The smallest absolute Gasteiger partial charge is 0.242 e. The highest BCUT2D eigenvalue weighted by Gasteiger charge is 2.26. The third-order valence-electron chi connectivity index (χ3n) is 4.60. The number of anilines is 1. The molecule has 7 nitrogen and oxygen atoms in total. The second-order valence-corrected chi connectivity index (χ2v) is 9.48. The van der Waals surface area contributed by atoms with Gasteiger partial charge in [0.1, 0.15) is 6.04 Å². The molecule has 0 radical (unpaired) electrons. The van der Waals surface area contributed by atoms with Crippen molar-refractivity contribution in [1.82, 2.24) is 14.7 Å². The second kappa shape index (κ2) is 9.80. The SMILES string of the molecule is Cc1ccc(S(=O)(=O)NC(CC(C)C)C(=O)Nc2cnc(-c3ccccc3)nc2)cc1. The van der Waals surface area contributed by atoms with E-state index in [4.69, 9.17) is 0 Å². The van der Waals surface area contributed by atoms with Crippen molar-refractivity contribution in [3.8, 4) is 11.4 Å². The topological polar surface area (TPSA) is 101 Å². The first kappa shape index (κ1) is 22.6. The Bertz CT molecular complexity index is 1110. The minimum Gasteiger partial charge on any atom is -0.322 e. The normalized spacial score (nSPS) is 12.5. The van der Waals surface area contributed by atoms with Gasteiger partial charge in [-0.3, -0.25) is 4.79 Å². The monoisotopic (exact) mass is 438 g/mol. The number of sulfonamides is 1. The van der Waals surface area contributed by atoms with Gasteiger partial charge in [-0.15, -0.1) is 0 Å². The first-order chi connectivity index (χ1) is 14.7. The van der Waals surface area contributed by atoms with E-state index in [1.54, 1.807) is 12.1 Å². The number of nitrogens with one attached hydrogen (secondary N) is 2. The molecule has 0 aliphatic carbocycles. The van der Waals surface area contributed by atoms with E-state index in [0.717, 1.165) is 11.1 Å². The van der Waals surface area contributed by atoms with Crippen LogP contribution in [0.4, 0.5) is 5.69 Å². The fourth-order valence-corrected chi connectivity index (χ4v) is 4.22. The Morgan fingerprint density at radius 3 is 2.16 bits per heavy atom. The quantitative estimate of drug-likeness (QED) is 0.557. The van der Waals surface area contributed by atoms with Crippen LogP contribution >= 0.6 is 0 Å². The number of carbonyl (C=O) groups is 1. The van der Waals surface area contributed by atoms with Gasteiger partial charge in [0.2, 0.25) is 15.9 Å². The first-order valence-electron chi connectivity index (χ1n) is 10.0. The van der Waals surface area contributed by atoms with Crippen molar-refractivity contribution in [3.05, 3.63) is 72.6 Å². The van der Waals surface area contributed by atoms with Crippen molar-refractivity contribution in [2.75, 3.05) is 5.32 Å². The summed E-state index contributed by atoms with van der Waals surface area (Å²) < 4.78 is 28.1. The molecule has 8 heteroatoms. The van der Waals surface area contributed by atoms with Crippen LogP contribution in [0.5, 0.6) is 0 Å². The molecule has 1 amide bonds. The number of rotatable bonds is 8. The highest BCUT2D eigenvalue weighted by molar-refractivity contribution is 7.89. The highest BCUT2D eigenvalue weighted by Crippen LogP contribution is 2.17. The van der Waals surface area contributed by atoms with Crippen LogP contribution in [-0.2, 0) is 14.8 Å². The molecule has 1 aromatic heterocycles. The number of nitrogens with zero attached hydrogens (tertiary/aromatic N) is 2. The van der Waals surface area contributed by atoms with Crippen LogP contribution in [0.1, 0.15) is 25.8 Å². The van der Waals surface area contributed by atoms with E-state index in [1.165, 1.54) is 24.5 Å². The zero-order valence-corrected chi connectivity index (χ0v) is 18.6. The van der Waals surface area contributed by atoms with E-state index in [1.807, 2.05) is 51.1 Å². The van der Waals surface area contributed by atoms with Gasteiger partial charge < -0.3 is 5.32 Å². The molecule has 1 atom stereocenters. The highest BCUT2D eigenvalue weighted by atomic mass is 32.2. The van der Waals surface area contributed by atoms with Crippen LogP contribution in [0.15, 0.2) is 71.9 Å². The van der Waals surface area contributed by atoms with Crippen molar-refractivity contribution < 1.29 is 13.2 Å². The number of hydrogen-bond donors (Lipinski definition) is 2. The third kappa shape index (κ3) is 6.19. The lowest BCUT2D eigenvalue weighted by atomic mass is 10.0. The van der Waals surface area contributed by atoms with Gasteiger partial charge in [-0.25, -0.2) is 18.4 Å². The van der Waals surface area contributed by atoms with Crippen molar-refractivity contribution >= 4 is 21.6 Å². The van der Waals surface area contributed by atoms with Gasteiger partial charge in [-0.1, -0.05) is 61.9 Å². The van der Waals surface area contributed by atoms with Crippen molar-refractivity contribution in [1.29, 1.82) is 0 Å². The standard InChI is InChI=1S/C23H26N4O3S/c1-16(2)13-21(27-31(29,30)20-11-9-17(3)10-12-20)23(28)26-19-14-24-22(25-15-19)18-7-5-4-6-8-18/h4-12,14-16,21,27H,13H2,1-3H3,(H,26,28). The Hall–Kier alpha value is -3.10. The molecule has 2 N–H and O–H groups in total. The predicted octanol–water partition coefficient (Wildman–Crippen LogP) is 3.78. The molecule has 0 aliphatic rings. The average Bonchev–Trinajstić information content (AvgIpc) is 2.74. The summed E-state index contributed by atoms with van der Waals surface area (Å²) in [5.74, 6) is 0.186. The average molecular weight is 439 g/mol. The molecule has 0 bridgehead atoms. The maximum absolute atomic E-state index is 12.9. The molecule has 0 saturated carbocycles. The summed E-state index contributed by atoms with van der Waals surface area (Å²) in [6.07, 6.45) is 3.36. The van der Waals surface area contributed by atoms with E-state index in [-0.39, 0.29) is 10.8 Å². The van der Waals surface area contributed by atoms with Gasteiger partial charge in [0.15, 0.2) is 5.82 Å². The molecule has 0 saturated heterocycles. The summed E-state index contributed by atoms with van der Waals surface area (Å²) in [6.45, 7) is 5.74. The lowest BCUT2D eigenvalue weighted by molar-refractivity contribution is -0.118. The molecule has 3 aromatic rings. The summed E-state index contributed by atoms with van der Waals surface area (Å²) in [5.41, 5.74) is 2.21. The molecular formula is C23H26N4O3S. The second-order valence-electron chi connectivity index (χ2n) is 7.77. The van der Waals surface area contributed by atoms with E-state index in [2.05, 4.69) is 20.0 Å². The van der Waals surface area contributed by atoms with Gasteiger partial charge in [0.25, 0.3) is 0 Å². The maximum Gasteiger partial charge on any atom is 0.242 e. The lowest BCUT2D eigenvalue weighted by Crippen LogP contribution is -2.44. The number of aromatic nitrogens is 2. The Morgan fingerprint density at radius 1 is 0.968 bits per heavy atom. The van der Waals surface area contributed by atoms with Crippen LogP contribution in [0, 0.1) is 12.8 Å². The van der Waals surface area contributed by atoms with Crippen molar-refractivity contribution in [3.63, 3.8) is 0 Å². The zero-order valence-electron chi connectivity index (χ0n) is 17.7. The molecule has 2 aromatic carbocycles. The van der Waals surface area contributed by atoms with Crippen LogP contribution in [-0.4, -0.2) is 30.3 Å². The number of benzene rings is 2. The molecule has 0 aliphatic heterocycles. The largest absolute Gasteiger partial charge is 0.322 e. The summed E-state index contributed by atoms with van der Waals surface area (Å²) >= 11 is 0. The lowest BCUT2D eigenvalue weighted by Gasteiger charge is -2.20. The summed E-state index contributed by atoms with van der Waals surface area (Å²) in [4.78, 5) is 21.6. The van der Waals surface area contributed by atoms with E-state index < -0.39 is 22.0 Å². The predicted molar refractivity (Wildman–Crippen MR) is 121 cm³/mol. The molecule has 162 valence electrons. The Morgan fingerprint density at radius 2 is 1.58 bits per heavy atom. The molecule has 1 unspecified atom stereocenters. The molecule has 0 fully saturated rings. The molecule has 1 heterocycles. The number of aryl methyl sites for hydroxylation is 1. The van der Waals surface area contributed by atoms with Gasteiger partial charge in [0.05, 0.1) is 23.0 Å². The third-order valence-corrected chi connectivity index (χ3v) is 6.09. The molecule has 31 heavy (non-hydrogen) atoms. The summed E-state index contributed by atoms with van der Waals surface area (Å²) in [5, 5.41) is 2.72. The van der Waals surface area contributed by atoms with Crippen LogP contribution < -0.4 is 10.0 Å². The number of carbonyl (C=O) groups excluding carboxylic acids is 1. The van der Waals surface area contributed by atoms with Gasteiger partial charge in [-0.05, 0) is 31.4 Å². The van der Waals surface area contributed by atoms with E-state index in [0.29, 0.717) is 17.9 Å². The molecular weight excluding hydrogens is 412 g/mol. The van der Waals surface area contributed by atoms with Crippen molar-refractivity contribution in [2.45, 2.75) is 38.1 Å². The zero-order chi connectivity index (χ0) is 22.4. The van der Waals surface area contributed by atoms with Crippen molar-refractivity contribution in [2.24, 2.45) is 5.92 Å². The van der Waals surface area contributed by atoms with Crippen LogP contribution in [0.3, 0.4) is 0 Å². The van der Waals surface area contributed by atoms with Crippen LogP contribution in [0.2, 0.25) is 0 Å². The Labute approximate surface area is 183 Å². The Balaban J connectivity index is 1.74. The number of hydrogen-bond acceptors (Lipinski definition) is 5. The van der Waals surface area contributed by atoms with Gasteiger partial charge in [0, 0.05) is 5.56 Å². The number of amides is 1. The first-order valence-corrected chi connectivity index (χ1v) is 11.5. The maximum atomic E-state index is 12.9. The van der Waals surface area contributed by atoms with Gasteiger partial charge >= 0.3 is 0 Å².